The number of nitrogens with zero attached hydrogens (tertiary/aromatic N) is 2. The molecule has 0 radical (unpaired) electrons. The summed E-state index contributed by atoms with van der Waals surface area (Å²) in [5.41, 5.74) is 3.20. The van der Waals surface area contributed by atoms with Gasteiger partial charge in [0.2, 0.25) is 0 Å². The first-order chi connectivity index (χ1) is 16.6. The maximum absolute atomic E-state index is 12.9. The third-order valence-electron chi connectivity index (χ3n) is 5.72. The number of hydrogen-bond acceptors (Lipinski definition) is 4. The van der Waals surface area contributed by atoms with Crippen molar-refractivity contribution >= 4 is 23.3 Å². The number of carbonyl (C=O) groups excluding carboxylic acids is 2. The Balaban J connectivity index is 1.24. The molecule has 4 rings (SSSR count). The summed E-state index contributed by atoms with van der Waals surface area (Å²) in [5.74, 6) is 0.903. The molecular weight excluding hydrogens is 428 g/mol. The second-order valence-corrected chi connectivity index (χ2v) is 8.17. The number of urea groups is 1. The number of amides is 3. The minimum Gasteiger partial charge on any atom is -0.494 e. The van der Waals surface area contributed by atoms with Crippen LogP contribution in [0, 0.1) is 0 Å². The molecule has 3 aromatic carbocycles. The van der Waals surface area contributed by atoms with E-state index in [1.54, 1.807) is 24.3 Å². The normalized spacial score (nSPS) is 13.9. The molecule has 3 amide bonds. The van der Waals surface area contributed by atoms with Crippen LogP contribution < -0.4 is 15.4 Å². The summed E-state index contributed by atoms with van der Waals surface area (Å²) in [6.07, 6.45) is 0. The smallest absolute Gasteiger partial charge is 0.323 e. The Morgan fingerprint density at radius 2 is 1.41 bits per heavy atom. The number of piperazine rings is 1. The number of para-hydroxylation sites is 1. The zero-order chi connectivity index (χ0) is 23.8. The van der Waals surface area contributed by atoms with Gasteiger partial charge in [0.1, 0.15) is 5.75 Å². The molecule has 7 heteroatoms. The van der Waals surface area contributed by atoms with Gasteiger partial charge in [-0.2, -0.15) is 0 Å². The maximum atomic E-state index is 12.9. The van der Waals surface area contributed by atoms with E-state index in [0.29, 0.717) is 36.6 Å². The molecule has 7 nitrogen and oxygen atoms in total. The standard InChI is InChI=1S/C27H30N4O3/c1-2-34-25-14-8-21(9-15-25)20-30-16-18-31(19-17-30)26(32)22-10-12-24(13-11-22)29-27(33)28-23-6-4-3-5-7-23/h3-15H,2,16-20H2,1H3,(H2,28,29,33). The van der Waals surface area contributed by atoms with E-state index in [4.69, 9.17) is 4.74 Å². The van der Waals surface area contributed by atoms with E-state index >= 15 is 0 Å². The summed E-state index contributed by atoms with van der Waals surface area (Å²) in [4.78, 5) is 29.3. The lowest BCUT2D eigenvalue weighted by molar-refractivity contribution is 0.0628. The van der Waals surface area contributed by atoms with Crippen molar-refractivity contribution in [3.05, 3.63) is 90.0 Å². The number of carbonyl (C=O) groups is 2. The number of rotatable bonds is 7. The van der Waals surface area contributed by atoms with Gasteiger partial charge in [0.05, 0.1) is 6.61 Å². The molecule has 0 unspecified atom stereocenters. The van der Waals surface area contributed by atoms with Crippen molar-refractivity contribution in [1.82, 2.24) is 9.80 Å². The van der Waals surface area contributed by atoms with Gasteiger partial charge in [-0.25, -0.2) is 4.79 Å². The minimum atomic E-state index is -0.325. The van der Waals surface area contributed by atoms with Gasteiger partial charge < -0.3 is 20.3 Å². The number of anilines is 2. The van der Waals surface area contributed by atoms with Crippen molar-refractivity contribution in [2.75, 3.05) is 43.4 Å². The van der Waals surface area contributed by atoms with E-state index in [9.17, 15) is 9.59 Å². The predicted octanol–water partition coefficient (Wildman–Crippen LogP) is 4.69. The molecule has 0 aliphatic carbocycles. The van der Waals surface area contributed by atoms with E-state index in [0.717, 1.165) is 25.4 Å². The van der Waals surface area contributed by atoms with Crippen LogP contribution in [0.4, 0.5) is 16.2 Å². The van der Waals surface area contributed by atoms with Gasteiger partial charge in [0.15, 0.2) is 0 Å². The number of hydrogen-bond donors (Lipinski definition) is 2. The lowest BCUT2D eigenvalue weighted by atomic mass is 10.1. The van der Waals surface area contributed by atoms with Crippen molar-refractivity contribution < 1.29 is 14.3 Å². The quantitative estimate of drug-likeness (QED) is 0.539. The molecule has 0 atom stereocenters. The summed E-state index contributed by atoms with van der Waals surface area (Å²) in [5, 5.41) is 5.56. The highest BCUT2D eigenvalue weighted by Gasteiger charge is 2.22. The fraction of sp³-hybridized carbons (Fsp3) is 0.259. The number of nitrogens with one attached hydrogen (secondary N) is 2. The van der Waals surface area contributed by atoms with Gasteiger partial charge >= 0.3 is 6.03 Å². The van der Waals surface area contributed by atoms with Gasteiger partial charge in [0.25, 0.3) is 5.91 Å². The van der Waals surface area contributed by atoms with Crippen LogP contribution in [-0.2, 0) is 6.54 Å². The molecule has 3 aromatic rings. The number of ether oxygens (including phenoxy) is 1. The van der Waals surface area contributed by atoms with E-state index in [2.05, 4.69) is 27.7 Å². The largest absolute Gasteiger partial charge is 0.494 e. The second kappa shape index (κ2) is 11.3. The summed E-state index contributed by atoms with van der Waals surface area (Å²) in [7, 11) is 0. The van der Waals surface area contributed by atoms with Crippen LogP contribution in [0.25, 0.3) is 0 Å². The highest BCUT2D eigenvalue weighted by molar-refractivity contribution is 6.00. The van der Waals surface area contributed by atoms with E-state index in [1.807, 2.05) is 54.3 Å². The third kappa shape index (κ3) is 6.36. The lowest BCUT2D eigenvalue weighted by Gasteiger charge is -2.34. The predicted molar refractivity (Wildman–Crippen MR) is 134 cm³/mol. The van der Waals surface area contributed by atoms with Crippen LogP contribution in [-0.4, -0.2) is 54.5 Å². The summed E-state index contributed by atoms with van der Waals surface area (Å²) in [6, 6.07) is 24.1. The highest BCUT2D eigenvalue weighted by atomic mass is 16.5. The molecule has 1 aliphatic rings. The Morgan fingerprint density at radius 3 is 2.03 bits per heavy atom. The van der Waals surface area contributed by atoms with Gasteiger partial charge in [-0.1, -0.05) is 30.3 Å². The maximum Gasteiger partial charge on any atom is 0.323 e. The molecule has 2 N–H and O–H groups in total. The molecule has 176 valence electrons. The summed E-state index contributed by atoms with van der Waals surface area (Å²) in [6.45, 7) is 6.55. The Bertz CT molecular complexity index is 1080. The molecule has 0 bridgehead atoms. The van der Waals surface area contributed by atoms with E-state index < -0.39 is 0 Å². The topological polar surface area (TPSA) is 73.9 Å². The van der Waals surface area contributed by atoms with Crippen molar-refractivity contribution in [2.24, 2.45) is 0 Å². The molecule has 34 heavy (non-hydrogen) atoms. The molecule has 1 saturated heterocycles. The molecule has 1 fully saturated rings. The molecule has 0 saturated carbocycles. The first-order valence-corrected chi connectivity index (χ1v) is 11.6. The first kappa shape index (κ1) is 23.3. The van der Waals surface area contributed by atoms with Crippen LogP contribution in [0.2, 0.25) is 0 Å². The van der Waals surface area contributed by atoms with Crippen LogP contribution in [0.15, 0.2) is 78.9 Å². The fourth-order valence-electron chi connectivity index (χ4n) is 3.92. The van der Waals surface area contributed by atoms with Crippen molar-refractivity contribution in [2.45, 2.75) is 13.5 Å². The molecular formula is C27H30N4O3. The molecule has 1 heterocycles. The Labute approximate surface area is 200 Å². The molecule has 1 aliphatic heterocycles. The SMILES string of the molecule is CCOc1ccc(CN2CCN(C(=O)c3ccc(NC(=O)Nc4ccccc4)cc3)CC2)cc1. The number of benzene rings is 3. The van der Waals surface area contributed by atoms with Gasteiger partial charge in [-0.05, 0) is 61.0 Å². The molecule has 0 aromatic heterocycles. The molecule has 0 spiro atoms. The van der Waals surface area contributed by atoms with Gasteiger partial charge in [-0.15, -0.1) is 0 Å². The second-order valence-electron chi connectivity index (χ2n) is 8.17. The Hall–Kier alpha value is -3.84. The average molecular weight is 459 g/mol. The van der Waals surface area contributed by atoms with E-state index in [1.165, 1.54) is 5.56 Å². The van der Waals surface area contributed by atoms with Crippen molar-refractivity contribution in [1.29, 1.82) is 0 Å². The van der Waals surface area contributed by atoms with Crippen molar-refractivity contribution in [3.8, 4) is 5.75 Å². The zero-order valence-electron chi connectivity index (χ0n) is 19.4. The summed E-state index contributed by atoms with van der Waals surface area (Å²) >= 11 is 0. The fourth-order valence-corrected chi connectivity index (χ4v) is 3.92. The van der Waals surface area contributed by atoms with Crippen LogP contribution in [0.1, 0.15) is 22.8 Å². The lowest BCUT2D eigenvalue weighted by Crippen LogP contribution is -2.48. The van der Waals surface area contributed by atoms with E-state index in [-0.39, 0.29) is 11.9 Å². The Morgan fingerprint density at radius 1 is 0.794 bits per heavy atom. The van der Waals surface area contributed by atoms with Gasteiger partial charge in [0, 0.05) is 49.7 Å². The highest BCUT2D eigenvalue weighted by Crippen LogP contribution is 2.17. The van der Waals surface area contributed by atoms with Gasteiger partial charge in [-0.3, -0.25) is 9.69 Å². The Kier molecular flexibility index (Phi) is 7.78. The third-order valence-corrected chi connectivity index (χ3v) is 5.72. The first-order valence-electron chi connectivity index (χ1n) is 11.6. The summed E-state index contributed by atoms with van der Waals surface area (Å²) < 4.78 is 5.50. The van der Waals surface area contributed by atoms with Crippen molar-refractivity contribution in [3.63, 3.8) is 0 Å². The average Bonchev–Trinajstić information content (AvgIpc) is 2.86. The minimum absolute atomic E-state index is 0.0148. The monoisotopic (exact) mass is 458 g/mol. The van der Waals surface area contributed by atoms with Crippen LogP contribution in [0.3, 0.4) is 0 Å². The zero-order valence-corrected chi connectivity index (χ0v) is 19.4. The van der Waals surface area contributed by atoms with Crippen LogP contribution in [0.5, 0.6) is 5.75 Å². The van der Waals surface area contributed by atoms with Crippen LogP contribution >= 0.6 is 0 Å².